The minimum atomic E-state index is -0.707. The van der Waals surface area contributed by atoms with Gasteiger partial charge >= 0.3 is 5.97 Å². The van der Waals surface area contributed by atoms with Crippen molar-refractivity contribution in [2.24, 2.45) is 5.92 Å². The Hall–Kier alpha value is -1.54. The minimum Gasteiger partial charge on any atom is -0.481 e. The Morgan fingerprint density at radius 2 is 2.06 bits per heavy atom. The van der Waals surface area contributed by atoms with Gasteiger partial charge in [-0.05, 0) is 31.0 Å². The number of anilines is 1. The van der Waals surface area contributed by atoms with Gasteiger partial charge in [0.05, 0.1) is 17.6 Å². The smallest absolute Gasteiger partial charge is 0.306 e. The van der Waals surface area contributed by atoms with Crippen molar-refractivity contribution >= 4 is 27.6 Å². The van der Waals surface area contributed by atoms with Crippen LogP contribution in [0.3, 0.4) is 0 Å². The van der Waals surface area contributed by atoms with E-state index >= 15 is 0 Å². The maximum absolute atomic E-state index is 10.9. The van der Waals surface area contributed by atoms with E-state index in [0.29, 0.717) is 18.4 Å². The number of hydrogen-bond donors (Lipinski definition) is 1. The largest absolute Gasteiger partial charge is 0.481 e. The highest BCUT2D eigenvalue weighted by Gasteiger charge is 2.24. The molecule has 1 saturated heterocycles. The summed E-state index contributed by atoms with van der Waals surface area (Å²) >= 11 is 3.38. The Kier molecular flexibility index (Phi) is 3.87. The van der Waals surface area contributed by atoms with Gasteiger partial charge < -0.3 is 10.0 Å². The van der Waals surface area contributed by atoms with Crippen molar-refractivity contribution in [1.29, 1.82) is 5.26 Å². The number of halogens is 1. The summed E-state index contributed by atoms with van der Waals surface area (Å²) in [5.41, 5.74) is 1.59. The lowest BCUT2D eigenvalue weighted by Gasteiger charge is -2.32. The van der Waals surface area contributed by atoms with Crippen LogP contribution in [0.15, 0.2) is 22.7 Å². The van der Waals surface area contributed by atoms with Crippen molar-refractivity contribution in [2.45, 2.75) is 12.8 Å². The zero-order valence-corrected chi connectivity index (χ0v) is 11.4. The molecule has 5 heteroatoms. The number of carbonyl (C=O) groups is 1. The molecule has 0 aromatic heterocycles. The molecule has 1 aromatic carbocycles. The number of piperidine rings is 1. The molecule has 1 heterocycles. The fourth-order valence-electron chi connectivity index (χ4n) is 2.21. The highest BCUT2D eigenvalue weighted by Crippen LogP contribution is 2.27. The number of rotatable bonds is 2. The average molecular weight is 309 g/mol. The lowest BCUT2D eigenvalue weighted by atomic mass is 9.96. The van der Waals surface area contributed by atoms with Crippen molar-refractivity contribution in [3.05, 3.63) is 28.2 Å². The summed E-state index contributed by atoms with van der Waals surface area (Å²) in [5, 5.41) is 17.9. The first kappa shape index (κ1) is 12.9. The van der Waals surface area contributed by atoms with Crippen molar-refractivity contribution < 1.29 is 9.90 Å². The minimum absolute atomic E-state index is 0.233. The molecule has 0 aliphatic carbocycles. The fraction of sp³-hybridized carbons (Fsp3) is 0.385. The molecule has 4 nitrogen and oxygen atoms in total. The molecule has 1 aromatic rings. The van der Waals surface area contributed by atoms with E-state index in [4.69, 9.17) is 10.4 Å². The molecule has 1 N–H and O–H groups in total. The van der Waals surface area contributed by atoms with Gasteiger partial charge in [-0.1, -0.05) is 15.9 Å². The third-order valence-electron chi connectivity index (χ3n) is 3.22. The summed E-state index contributed by atoms with van der Waals surface area (Å²) in [6.07, 6.45) is 1.31. The second kappa shape index (κ2) is 5.40. The van der Waals surface area contributed by atoms with E-state index < -0.39 is 5.97 Å². The topological polar surface area (TPSA) is 64.3 Å². The van der Waals surface area contributed by atoms with Crippen LogP contribution in [-0.4, -0.2) is 24.2 Å². The Morgan fingerprint density at radius 3 is 2.61 bits per heavy atom. The van der Waals surface area contributed by atoms with Gasteiger partial charge in [-0.3, -0.25) is 4.79 Å². The van der Waals surface area contributed by atoms with Gasteiger partial charge in [0, 0.05) is 23.2 Å². The maximum Gasteiger partial charge on any atom is 0.306 e. The van der Waals surface area contributed by atoms with Crippen LogP contribution < -0.4 is 4.90 Å². The zero-order valence-electron chi connectivity index (χ0n) is 9.77. The van der Waals surface area contributed by atoms with Crippen LogP contribution in [-0.2, 0) is 4.79 Å². The van der Waals surface area contributed by atoms with Crippen molar-refractivity contribution in [3.63, 3.8) is 0 Å². The first-order valence-corrected chi connectivity index (χ1v) is 6.58. The van der Waals surface area contributed by atoms with Crippen LogP contribution in [0.1, 0.15) is 18.4 Å². The molecule has 1 aliphatic heterocycles. The Labute approximate surface area is 114 Å². The number of nitriles is 1. The van der Waals surface area contributed by atoms with Crippen molar-refractivity contribution in [2.75, 3.05) is 18.0 Å². The molecule has 0 bridgehead atoms. The first-order chi connectivity index (χ1) is 8.60. The van der Waals surface area contributed by atoms with E-state index in [2.05, 4.69) is 26.9 Å². The van der Waals surface area contributed by atoms with Crippen LogP contribution in [0.4, 0.5) is 5.69 Å². The molecule has 1 aliphatic rings. The lowest BCUT2D eigenvalue weighted by Crippen LogP contribution is -2.36. The Balaban J connectivity index is 2.12. The third-order valence-corrected chi connectivity index (χ3v) is 3.68. The highest BCUT2D eigenvalue weighted by atomic mass is 79.9. The van der Waals surface area contributed by atoms with Crippen LogP contribution in [0.25, 0.3) is 0 Å². The van der Waals surface area contributed by atoms with E-state index in [1.165, 1.54) is 0 Å². The lowest BCUT2D eigenvalue weighted by molar-refractivity contribution is -0.142. The molecular formula is C13H13BrN2O2. The van der Waals surface area contributed by atoms with Gasteiger partial charge in [-0.2, -0.15) is 5.26 Å². The van der Waals surface area contributed by atoms with E-state index in [9.17, 15) is 4.79 Å². The number of carboxylic acids is 1. The summed E-state index contributed by atoms with van der Waals surface area (Å²) in [6, 6.07) is 7.69. The van der Waals surface area contributed by atoms with Crippen molar-refractivity contribution in [3.8, 4) is 6.07 Å². The molecule has 0 spiro atoms. The van der Waals surface area contributed by atoms with Gasteiger partial charge in [0.1, 0.15) is 0 Å². The molecule has 0 radical (unpaired) electrons. The van der Waals surface area contributed by atoms with Gasteiger partial charge in [0.25, 0.3) is 0 Å². The molecule has 2 rings (SSSR count). The number of aliphatic carboxylic acids is 1. The van der Waals surface area contributed by atoms with Gasteiger partial charge in [0.2, 0.25) is 0 Å². The van der Waals surface area contributed by atoms with Crippen LogP contribution >= 0.6 is 15.9 Å². The monoisotopic (exact) mass is 308 g/mol. The number of carboxylic acid groups (broad SMARTS) is 1. The van der Waals surface area contributed by atoms with Crippen molar-refractivity contribution in [1.82, 2.24) is 0 Å². The number of hydrogen-bond acceptors (Lipinski definition) is 3. The molecule has 1 fully saturated rings. The normalized spacial score (nSPS) is 16.3. The van der Waals surface area contributed by atoms with Gasteiger partial charge in [0.15, 0.2) is 0 Å². The van der Waals surface area contributed by atoms with E-state index in [0.717, 1.165) is 23.2 Å². The Bertz CT molecular complexity index is 502. The van der Waals surface area contributed by atoms with Crippen LogP contribution in [0, 0.1) is 17.2 Å². The van der Waals surface area contributed by atoms with Crippen LogP contribution in [0.5, 0.6) is 0 Å². The standard InChI is InChI=1S/C13H13BrN2O2/c14-11-5-9(8-15)6-12(7-11)16-3-1-10(2-4-16)13(17)18/h5-7,10H,1-4H2,(H,17,18). The molecule has 0 amide bonds. The predicted molar refractivity (Wildman–Crippen MR) is 71.4 cm³/mol. The quantitative estimate of drug-likeness (QED) is 0.912. The van der Waals surface area contributed by atoms with E-state index in [1.54, 1.807) is 6.07 Å². The highest BCUT2D eigenvalue weighted by molar-refractivity contribution is 9.10. The third kappa shape index (κ3) is 2.82. The molecule has 0 atom stereocenters. The van der Waals surface area contributed by atoms with Gasteiger partial charge in [-0.25, -0.2) is 0 Å². The summed E-state index contributed by atoms with van der Waals surface area (Å²) in [6.45, 7) is 1.44. The van der Waals surface area contributed by atoms with Gasteiger partial charge in [-0.15, -0.1) is 0 Å². The van der Waals surface area contributed by atoms with E-state index in [-0.39, 0.29) is 5.92 Å². The first-order valence-electron chi connectivity index (χ1n) is 5.78. The molecular weight excluding hydrogens is 296 g/mol. The predicted octanol–water partition coefficient (Wildman–Crippen LogP) is 2.62. The summed E-state index contributed by atoms with van der Waals surface area (Å²) < 4.78 is 0.872. The second-order valence-corrected chi connectivity index (χ2v) is 5.33. The summed E-state index contributed by atoms with van der Waals surface area (Å²) in [7, 11) is 0. The second-order valence-electron chi connectivity index (χ2n) is 4.41. The summed E-state index contributed by atoms with van der Waals surface area (Å²) in [5.74, 6) is -0.939. The number of benzene rings is 1. The maximum atomic E-state index is 10.9. The zero-order chi connectivity index (χ0) is 13.1. The summed E-state index contributed by atoms with van der Waals surface area (Å²) in [4.78, 5) is 13.0. The fourth-order valence-corrected chi connectivity index (χ4v) is 2.69. The molecule has 18 heavy (non-hydrogen) atoms. The number of nitrogens with zero attached hydrogens (tertiary/aromatic N) is 2. The van der Waals surface area contributed by atoms with Crippen LogP contribution in [0.2, 0.25) is 0 Å². The Morgan fingerprint density at radius 1 is 1.39 bits per heavy atom. The molecule has 94 valence electrons. The molecule has 0 saturated carbocycles. The molecule has 0 unspecified atom stereocenters. The SMILES string of the molecule is N#Cc1cc(Br)cc(N2CCC(C(=O)O)CC2)c1. The average Bonchev–Trinajstić information content (AvgIpc) is 2.38. The van der Waals surface area contributed by atoms with E-state index in [1.807, 2.05) is 12.1 Å².